The van der Waals surface area contributed by atoms with Crippen LogP contribution in [0.3, 0.4) is 0 Å². The third-order valence-electron chi connectivity index (χ3n) is 4.68. The summed E-state index contributed by atoms with van der Waals surface area (Å²) in [5.74, 6) is -1.63. The Kier molecular flexibility index (Phi) is 5.60. The van der Waals surface area contributed by atoms with Crippen LogP contribution >= 0.6 is 0 Å². The Morgan fingerprint density at radius 2 is 1.81 bits per heavy atom. The summed E-state index contributed by atoms with van der Waals surface area (Å²) in [6.07, 6.45) is 1.82. The lowest BCUT2D eigenvalue weighted by Crippen LogP contribution is -2.34. The fraction of sp³-hybridized carbons (Fsp3) is 0.273. The maximum absolute atomic E-state index is 12.4. The van der Waals surface area contributed by atoms with E-state index in [1.165, 1.54) is 6.26 Å². The molecule has 2 aromatic carbocycles. The molecule has 27 heavy (non-hydrogen) atoms. The highest BCUT2D eigenvalue weighted by Crippen LogP contribution is 2.21. The van der Waals surface area contributed by atoms with E-state index in [2.05, 4.69) is 5.32 Å². The van der Waals surface area contributed by atoms with Crippen molar-refractivity contribution in [3.05, 3.63) is 71.7 Å². The van der Waals surface area contributed by atoms with E-state index < -0.39 is 11.9 Å². The van der Waals surface area contributed by atoms with Gasteiger partial charge in [0.15, 0.2) is 5.76 Å². The molecule has 0 saturated heterocycles. The van der Waals surface area contributed by atoms with E-state index >= 15 is 0 Å². The summed E-state index contributed by atoms with van der Waals surface area (Å²) in [5.41, 5.74) is 1.74. The molecule has 1 atom stereocenters. The summed E-state index contributed by atoms with van der Waals surface area (Å²) in [6.45, 7) is 3.99. The van der Waals surface area contributed by atoms with Gasteiger partial charge in [0.05, 0.1) is 12.2 Å². The number of carboxylic acids is 1. The molecule has 0 saturated carbocycles. The molecule has 0 radical (unpaired) electrons. The quantitative estimate of drug-likeness (QED) is 0.657. The molecule has 3 rings (SSSR count). The van der Waals surface area contributed by atoms with Gasteiger partial charge in [0, 0.05) is 12.1 Å². The third kappa shape index (κ3) is 4.37. The van der Waals surface area contributed by atoms with Gasteiger partial charge in [0.1, 0.15) is 0 Å². The van der Waals surface area contributed by atoms with Gasteiger partial charge in [-0.3, -0.25) is 9.59 Å². The largest absolute Gasteiger partial charge is 0.481 e. The Morgan fingerprint density at radius 3 is 2.52 bits per heavy atom. The number of rotatable bonds is 7. The highest BCUT2D eigenvalue weighted by Gasteiger charge is 2.22. The van der Waals surface area contributed by atoms with Gasteiger partial charge in [0.25, 0.3) is 5.91 Å². The van der Waals surface area contributed by atoms with Crippen molar-refractivity contribution in [2.24, 2.45) is 5.92 Å². The molecule has 1 heterocycles. The Bertz CT molecular complexity index is 958. The first-order chi connectivity index (χ1) is 13.0. The molecule has 5 nitrogen and oxygen atoms in total. The number of carbonyl (C=O) groups excluding carboxylic acids is 1. The summed E-state index contributed by atoms with van der Waals surface area (Å²) < 4.78 is 5.29. The minimum absolute atomic E-state index is 0.0409. The zero-order chi connectivity index (χ0) is 19.4. The molecule has 0 spiro atoms. The molecule has 1 amide bonds. The maximum atomic E-state index is 12.4. The summed E-state index contributed by atoms with van der Waals surface area (Å²) in [4.78, 5) is 24.1. The second-order valence-electron chi connectivity index (χ2n) is 6.99. The lowest BCUT2D eigenvalue weighted by atomic mass is 9.97. The topological polar surface area (TPSA) is 79.5 Å². The van der Waals surface area contributed by atoms with Crippen LogP contribution in [0.5, 0.6) is 0 Å². The van der Waals surface area contributed by atoms with Crippen molar-refractivity contribution in [1.82, 2.24) is 5.32 Å². The number of carboxylic acid groups (broad SMARTS) is 1. The zero-order valence-electron chi connectivity index (χ0n) is 15.4. The average Bonchev–Trinajstić information content (AvgIpc) is 3.14. The van der Waals surface area contributed by atoms with Crippen LogP contribution < -0.4 is 5.32 Å². The van der Waals surface area contributed by atoms with Crippen molar-refractivity contribution in [2.75, 3.05) is 6.54 Å². The monoisotopic (exact) mass is 365 g/mol. The zero-order valence-corrected chi connectivity index (χ0v) is 15.4. The minimum atomic E-state index is -0.938. The standard InChI is InChI=1S/C22H23NO4/c1-14(2)19-9-10-27-20(19)21(24)23-13-18(22(25)26)12-15-7-8-16-5-3-4-6-17(16)11-15/h3-11,14,18H,12-13H2,1-2H3,(H,23,24)(H,25,26). The minimum Gasteiger partial charge on any atom is -0.481 e. The van der Waals surface area contributed by atoms with Gasteiger partial charge in [-0.2, -0.15) is 0 Å². The second kappa shape index (κ2) is 8.08. The molecule has 0 aliphatic carbocycles. The third-order valence-corrected chi connectivity index (χ3v) is 4.68. The first-order valence-corrected chi connectivity index (χ1v) is 9.01. The maximum Gasteiger partial charge on any atom is 0.308 e. The smallest absolute Gasteiger partial charge is 0.308 e. The predicted octanol–water partition coefficient (Wildman–Crippen LogP) is 4.23. The van der Waals surface area contributed by atoms with Crippen molar-refractivity contribution in [2.45, 2.75) is 26.2 Å². The van der Waals surface area contributed by atoms with Crippen LogP contribution in [0.4, 0.5) is 0 Å². The molecular weight excluding hydrogens is 342 g/mol. The molecular formula is C22H23NO4. The van der Waals surface area contributed by atoms with E-state index in [0.29, 0.717) is 6.42 Å². The van der Waals surface area contributed by atoms with Crippen LogP contribution in [0.15, 0.2) is 59.2 Å². The molecule has 0 aliphatic rings. The van der Waals surface area contributed by atoms with Gasteiger partial charge >= 0.3 is 5.97 Å². The van der Waals surface area contributed by atoms with Gasteiger partial charge in [0.2, 0.25) is 0 Å². The van der Waals surface area contributed by atoms with Crippen LogP contribution in [0, 0.1) is 5.92 Å². The number of benzene rings is 2. The summed E-state index contributed by atoms with van der Waals surface area (Å²) >= 11 is 0. The molecule has 2 N–H and O–H groups in total. The van der Waals surface area contributed by atoms with Crippen LogP contribution in [0.25, 0.3) is 10.8 Å². The van der Waals surface area contributed by atoms with E-state index in [0.717, 1.165) is 21.9 Å². The lowest BCUT2D eigenvalue weighted by Gasteiger charge is -2.14. The molecule has 0 aliphatic heterocycles. The van der Waals surface area contributed by atoms with E-state index in [4.69, 9.17) is 4.42 Å². The number of hydrogen-bond donors (Lipinski definition) is 2. The molecule has 0 fully saturated rings. The van der Waals surface area contributed by atoms with Gasteiger partial charge < -0.3 is 14.8 Å². The van der Waals surface area contributed by atoms with Crippen LogP contribution in [0.1, 0.15) is 41.4 Å². The lowest BCUT2D eigenvalue weighted by molar-refractivity contribution is -0.141. The highest BCUT2D eigenvalue weighted by molar-refractivity contribution is 5.93. The van der Waals surface area contributed by atoms with E-state index in [9.17, 15) is 14.7 Å². The van der Waals surface area contributed by atoms with E-state index in [-0.39, 0.29) is 24.1 Å². The molecule has 1 aromatic heterocycles. The van der Waals surface area contributed by atoms with Gasteiger partial charge in [-0.25, -0.2) is 0 Å². The molecule has 3 aromatic rings. The van der Waals surface area contributed by atoms with Crippen LogP contribution in [0.2, 0.25) is 0 Å². The molecule has 1 unspecified atom stereocenters. The number of hydrogen-bond acceptors (Lipinski definition) is 3. The summed E-state index contributed by atoms with van der Waals surface area (Å²) in [6, 6.07) is 15.6. The number of carbonyl (C=O) groups is 2. The van der Waals surface area contributed by atoms with Crippen molar-refractivity contribution in [3.63, 3.8) is 0 Å². The fourth-order valence-electron chi connectivity index (χ4n) is 3.15. The van der Waals surface area contributed by atoms with Crippen molar-refractivity contribution in [3.8, 4) is 0 Å². The molecule has 140 valence electrons. The SMILES string of the molecule is CC(C)c1ccoc1C(=O)NCC(Cc1ccc2ccccc2c1)C(=O)O. The highest BCUT2D eigenvalue weighted by atomic mass is 16.4. The van der Waals surface area contributed by atoms with E-state index in [1.807, 2.05) is 56.3 Å². The summed E-state index contributed by atoms with van der Waals surface area (Å²) in [7, 11) is 0. The molecule has 0 bridgehead atoms. The normalized spacial score (nSPS) is 12.3. The van der Waals surface area contributed by atoms with Crippen LogP contribution in [-0.2, 0) is 11.2 Å². The van der Waals surface area contributed by atoms with Crippen molar-refractivity contribution >= 4 is 22.6 Å². The van der Waals surface area contributed by atoms with E-state index in [1.54, 1.807) is 6.07 Å². The van der Waals surface area contributed by atoms with Crippen LogP contribution in [-0.4, -0.2) is 23.5 Å². The molecule has 5 heteroatoms. The Labute approximate surface area is 158 Å². The fourth-order valence-corrected chi connectivity index (χ4v) is 3.15. The van der Waals surface area contributed by atoms with Gasteiger partial charge in [-0.05, 0) is 34.7 Å². The first-order valence-electron chi connectivity index (χ1n) is 9.01. The average molecular weight is 365 g/mol. The number of amides is 1. The Hall–Kier alpha value is -3.08. The number of nitrogens with one attached hydrogen (secondary N) is 1. The number of furan rings is 1. The van der Waals surface area contributed by atoms with Gasteiger partial charge in [-0.15, -0.1) is 0 Å². The number of aliphatic carboxylic acids is 1. The van der Waals surface area contributed by atoms with Gasteiger partial charge in [-0.1, -0.05) is 56.3 Å². The Morgan fingerprint density at radius 1 is 1.07 bits per heavy atom. The summed E-state index contributed by atoms with van der Waals surface area (Å²) in [5, 5.41) is 14.4. The first kappa shape index (κ1) is 18.7. The Balaban J connectivity index is 1.69. The van der Waals surface area contributed by atoms with Crippen molar-refractivity contribution < 1.29 is 19.1 Å². The second-order valence-corrected chi connectivity index (χ2v) is 6.99. The van der Waals surface area contributed by atoms with Crippen molar-refractivity contribution in [1.29, 1.82) is 0 Å². The predicted molar refractivity (Wildman–Crippen MR) is 104 cm³/mol. The number of fused-ring (bicyclic) bond motifs is 1.